The number of pyridine rings is 1. The molecule has 4 aromatic rings. The molecule has 0 atom stereocenters. The Kier molecular flexibility index (Phi) is 5.45. The molecular weight excluding hydrogens is 386 g/mol. The van der Waals surface area contributed by atoms with E-state index in [2.05, 4.69) is 38.6 Å². The van der Waals surface area contributed by atoms with Gasteiger partial charge >= 0.3 is 0 Å². The summed E-state index contributed by atoms with van der Waals surface area (Å²) in [7, 11) is 2.02. The number of aromatic nitrogens is 4. The van der Waals surface area contributed by atoms with Gasteiger partial charge in [-0.3, -0.25) is 4.98 Å². The average molecular weight is 408 g/mol. The van der Waals surface area contributed by atoms with Crippen molar-refractivity contribution in [3.8, 4) is 21.8 Å². The van der Waals surface area contributed by atoms with Crippen molar-refractivity contribution >= 4 is 28.6 Å². The SMILES string of the molecule is Cc1nc(-c2nc(N(C)CCc3ccccn3)ncc2-c2ccsc2)sc1C. The first kappa shape index (κ1) is 18.7. The van der Waals surface area contributed by atoms with E-state index in [1.165, 1.54) is 4.88 Å². The highest BCUT2D eigenvalue weighted by molar-refractivity contribution is 7.15. The zero-order valence-electron chi connectivity index (χ0n) is 16.1. The van der Waals surface area contributed by atoms with Crippen LogP contribution in [0, 0.1) is 13.8 Å². The summed E-state index contributed by atoms with van der Waals surface area (Å²) in [6.45, 7) is 4.94. The second-order valence-electron chi connectivity index (χ2n) is 6.60. The van der Waals surface area contributed by atoms with E-state index in [1.807, 2.05) is 44.6 Å². The molecule has 4 aromatic heterocycles. The first-order valence-electron chi connectivity index (χ1n) is 9.07. The predicted molar refractivity (Wildman–Crippen MR) is 117 cm³/mol. The summed E-state index contributed by atoms with van der Waals surface area (Å²) in [6.07, 6.45) is 4.59. The summed E-state index contributed by atoms with van der Waals surface area (Å²) in [5, 5.41) is 5.14. The third-order valence-corrected chi connectivity index (χ3v) is 6.37. The second kappa shape index (κ2) is 8.16. The molecule has 0 amide bonds. The van der Waals surface area contributed by atoms with Crippen LogP contribution < -0.4 is 4.90 Å². The molecule has 4 heterocycles. The predicted octanol–water partition coefficient (Wildman–Crippen LogP) is 5.02. The molecule has 0 N–H and O–H groups in total. The van der Waals surface area contributed by atoms with E-state index in [9.17, 15) is 0 Å². The molecule has 142 valence electrons. The van der Waals surface area contributed by atoms with E-state index in [0.29, 0.717) is 5.95 Å². The molecule has 0 aliphatic rings. The standard InChI is InChI=1S/C21H21N5S2/c1-14-15(2)28-20(24-14)19-18(16-8-11-27-13-16)12-23-21(25-19)26(3)10-7-17-6-4-5-9-22-17/h4-6,8-9,11-13H,7,10H2,1-3H3. The first-order chi connectivity index (χ1) is 13.6. The van der Waals surface area contributed by atoms with Gasteiger partial charge in [0.05, 0.1) is 5.69 Å². The molecule has 0 saturated heterocycles. The molecule has 0 radical (unpaired) electrons. The Labute approximate surface area is 172 Å². The Morgan fingerprint density at radius 2 is 1.96 bits per heavy atom. The van der Waals surface area contributed by atoms with Crippen LogP contribution in [0.4, 0.5) is 5.95 Å². The smallest absolute Gasteiger partial charge is 0.225 e. The average Bonchev–Trinajstić information content (AvgIpc) is 3.37. The zero-order valence-corrected chi connectivity index (χ0v) is 17.7. The van der Waals surface area contributed by atoms with Gasteiger partial charge in [-0.05, 0) is 48.4 Å². The fourth-order valence-corrected chi connectivity index (χ4v) is 4.42. The largest absolute Gasteiger partial charge is 0.343 e. The minimum Gasteiger partial charge on any atom is -0.343 e. The summed E-state index contributed by atoms with van der Waals surface area (Å²) in [5.41, 5.74) is 5.18. The van der Waals surface area contributed by atoms with Crippen LogP contribution in [0.5, 0.6) is 0 Å². The topological polar surface area (TPSA) is 54.8 Å². The summed E-state index contributed by atoms with van der Waals surface area (Å²) in [4.78, 5) is 22.0. The van der Waals surface area contributed by atoms with Crippen LogP contribution in [0.1, 0.15) is 16.3 Å². The Morgan fingerprint density at radius 1 is 1.07 bits per heavy atom. The summed E-state index contributed by atoms with van der Waals surface area (Å²) in [5.74, 6) is 0.704. The van der Waals surface area contributed by atoms with Crippen molar-refractivity contribution < 1.29 is 0 Å². The number of rotatable bonds is 6. The molecule has 0 aliphatic carbocycles. The van der Waals surface area contributed by atoms with E-state index in [0.717, 1.165) is 46.2 Å². The molecule has 0 aliphatic heterocycles. The minimum absolute atomic E-state index is 0.704. The van der Waals surface area contributed by atoms with Crippen LogP contribution in [0.3, 0.4) is 0 Å². The van der Waals surface area contributed by atoms with Crippen molar-refractivity contribution in [3.63, 3.8) is 0 Å². The third-order valence-electron chi connectivity index (χ3n) is 4.61. The molecule has 5 nitrogen and oxygen atoms in total. The number of nitrogens with zero attached hydrogens (tertiary/aromatic N) is 5. The molecule has 28 heavy (non-hydrogen) atoms. The summed E-state index contributed by atoms with van der Waals surface area (Å²) in [6, 6.07) is 8.09. The number of hydrogen-bond donors (Lipinski definition) is 0. The van der Waals surface area contributed by atoms with Gasteiger partial charge in [0.15, 0.2) is 0 Å². The molecule has 0 saturated carbocycles. The van der Waals surface area contributed by atoms with Gasteiger partial charge in [-0.2, -0.15) is 11.3 Å². The van der Waals surface area contributed by atoms with Gasteiger partial charge in [-0.15, -0.1) is 11.3 Å². The monoisotopic (exact) mass is 407 g/mol. The Morgan fingerprint density at radius 3 is 2.64 bits per heavy atom. The Bertz CT molecular complexity index is 1040. The minimum atomic E-state index is 0.704. The highest BCUT2D eigenvalue weighted by atomic mass is 32.1. The highest BCUT2D eigenvalue weighted by Gasteiger charge is 2.17. The van der Waals surface area contributed by atoms with Crippen LogP contribution in [0.25, 0.3) is 21.8 Å². The van der Waals surface area contributed by atoms with Crippen LogP contribution in [-0.4, -0.2) is 33.5 Å². The maximum absolute atomic E-state index is 4.91. The normalized spacial score (nSPS) is 11.0. The summed E-state index contributed by atoms with van der Waals surface area (Å²) >= 11 is 3.36. The number of thiazole rings is 1. The summed E-state index contributed by atoms with van der Waals surface area (Å²) < 4.78 is 0. The van der Waals surface area contributed by atoms with E-state index in [-0.39, 0.29) is 0 Å². The van der Waals surface area contributed by atoms with Crippen LogP contribution in [0.15, 0.2) is 47.4 Å². The number of thiophene rings is 1. The number of likely N-dealkylation sites (N-methyl/N-ethyl adjacent to an activating group) is 1. The fourth-order valence-electron chi connectivity index (χ4n) is 2.85. The maximum atomic E-state index is 4.91. The fraction of sp³-hybridized carbons (Fsp3) is 0.238. The van der Waals surface area contributed by atoms with Crippen LogP contribution in [-0.2, 0) is 6.42 Å². The number of aryl methyl sites for hydroxylation is 2. The van der Waals surface area contributed by atoms with E-state index in [4.69, 9.17) is 9.97 Å². The lowest BCUT2D eigenvalue weighted by atomic mass is 10.1. The molecule has 4 rings (SSSR count). The van der Waals surface area contributed by atoms with Gasteiger partial charge in [0.2, 0.25) is 5.95 Å². The van der Waals surface area contributed by atoms with E-state index in [1.54, 1.807) is 22.7 Å². The highest BCUT2D eigenvalue weighted by Crippen LogP contribution is 2.35. The maximum Gasteiger partial charge on any atom is 0.225 e. The molecular formula is C21H21N5S2. The number of anilines is 1. The van der Waals surface area contributed by atoms with E-state index < -0.39 is 0 Å². The Hall–Kier alpha value is -2.64. The van der Waals surface area contributed by atoms with Crippen molar-refractivity contribution in [1.82, 2.24) is 19.9 Å². The molecule has 0 fully saturated rings. The third kappa shape index (κ3) is 3.95. The first-order valence-corrected chi connectivity index (χ1v) is 10.8. The van der Waals surface area contributed by atoms with Crippen LogP contribution >= 0.6 is 22.7 Å². The van der Waals surface area contributed by atoms with Gasteiger partial charge < -0.3 is 4.90 Å². The van der Waals surface area contributed by atoms with Crippen molar-refractivity contribution in [2.24, 2.45) is 0 Å². The van der Waals surface area contributed by atoms with Gasteiger partial charge in [-0.25, -0.2) is 15.0 Å². The Balaban J connectivity index is 1.66. The molecule has 7 heteroatoms. The van der Waals surface area contributed by atoms with Crippen LogP contribution in [0.2, 0.25) is 0 Å². The number of hydrogen-bond acceptors (Lipinski definition) is 7. The lowest BCUT2D eigenvalue weighted by Crippen LogP contribution is -2.23. The quantitative estimate of drug-likeness (QED) is 0.449. The second-order valence-corrected chi connectivity index (χ2v) is 8.58. The van der Waals surface area contributed by atoms with Crippen molar-refractivity contribution in [2.45, 2.75) is 20.3 Å². The van der Waals surface area contributed by atoms with Gasteiger partial charge in [-0.1, -0.05) is 6.07 Å². The van der Waals surface area contributed by atoms with Gasteiger partial charge in [0.25, 0.3) is 0 Å². The van der Waals surface area contributed by atoms with Gasteiger partial charge in [0, 0.05) is 48.5 Å². The lowest BCUT2D eigenvalue weighted by molar-refractivity contribution is 0.822. The van der Waals surface area contributed by atoms with E-state index >= 15 is 0 Å². The van der Waals surface area contributed by atoms with Gasteiger partial charge in [0.1, 0.15) is 10.7 Å². The zero-order chi connectivity index (χ0) is 19.5. The molecule has 0 unspecified atom stereocenters. The molecule has 0 spiro atoms. The van der Waals surface area contributed by atoms with Crippen molar-refractivity contribution in [3.05, 3.63) is 63.7 Å². The molecule has 0 bridgehead atoms. The van der Waals surface area contributed by atoms with Crippen molar-refractivity contribution in [2.75, 3.05) is 18.5 Å². The lowest BCUT2D eigenvalue weighted by Gasteiger charge is -2.18. The molecule has 0 aromatic carbocycles. The van der Waals surface area contributed by atoms with Crippen molar-refractivity contribution in [1.29, 1.82) is 0 Å².